The minimum Gasteiger partial charge on any atom is -0.300 e. The Kier molecular flexibility index (Phi) is 4.95. The molecule has 24 heavy (non-hydrogen) atoms. The lowest BCUT2D eigenvalue weighted by Gasteiger charge is -2.06. The van der Waals surface area contributed by atoms with Gasteiger partial charge in [0.2, 0.25) is 11.0 Å². The molecular weight excluding hydrogens is 326 g/mol. The van der Waals surface area contributed by atoms with Crippen LogP contribution in [0.25, 0.3) is 10.9 Å². The topological polar surface area (TPSA) is 89.8 Å². The highest BCUT2D eigenvalue weighted by atomic mass is 32.1. The second-order valence-corrected chi connectivity index (χ2v) is 6.37. The smallest absolute Gasteiger partial charge is 0.261 e. The zero-order chi connectivity index (χ0) is 16.9. The summed E-state index contributed by atoms with van der Waals surface area (Å²) >= 11 is 1.38. The predicted molar refractivity (Wildman–Crippen MR) is 93.2 cm³/mol. The van der Waals surface area contributed by atoms with Crippen molar-refractivity contribution in [2.24, 2.45) is 0 Å². The fourth-order valence-corrected chi connectivity index (χ4v) is 3.15. The number of hydrogen-bond donors (Lipinski definition) is 1. The Hall–Kier alpha value is -2.61. The van der Waals surface area contributed by atoms with Gasteiger partial charge in [0.15, 0.2) is 0 Å². The van der Waals surface area contributed by atoms with Gasteiger partial charge in [-0.15, -0.1) is 10.2 Å². The zero-order valence-corrected chi connectivity index (χ0v) is 14.0. The summed E-state index contributed by atoms with van der Waals surface area (Å²) in [5, 5.41) is 12.6. The lowest BCUT2D eigenvalue weighted by molar-refractivity contribution is -0.116. The molecule has 0 saturated carbocycles. The van der Waals surface area contributed by atoms with E-state index in [0.29, 0.717) is 16.0 Å². The minimum absolute atomic E-state index is 0.144. The predicted octanol–water partition coefficient (Wildman–Crippen LogP) is 2.23. The molecule has 0 aliphatic heterocycles. The molecule has 0 atom stereocenters. The van der Waals surface area contributed by atoms with E-state index in [1.165, 1.54) is 22.2 Å². The van der Waals surface area contributed by atoms with Crippen molar-refractivity contribution >= 4 is 33.3 Å². The Balaban J connectivity index is 1.63. The molecular formula is C16H17N5O2S. The fourth-order valence-electron chi connectivity index (χ4n) is 2.29. The van der Waals surface area contributed by atoms with E-state index in [9.17, 15) is 9.59 Å². The standard InChI is InChI=1S/C16H17N5O2S/c1-2-5-14-19-20-16(24-14)18-13(22)8-9-21-10-17-12-7-4-3-6-11(12)15(21)23/h3-4,6-7,10H,2,5,8-9H2,1H3,(H,18,20,22). The number of fused-ring (bicyclic) bond motifs is 1. The van der Waals surface area contributed by atoms with Crippen molar-refractivity contribution in [3.63, 3.8) is 0 Å². The molecule has 2 aromatic heterocycles. The number of carbonyl (C=O) groups excluding carboxylic acids is 1. The van der Waals surface area contributed by atoms with E-state index in [1.807, 2.05) is 6.07 Å². The number of rotatable bonds is 6. The molecule has 0 spiro atoms. The van der Waals surface area contributed by atoms with Crippen LogP contribution >= 0.6 is 11.3 Å². The van der Waals surface area contributed by atoms with E-state index in [2.05, 4.69) is 27.4 Å². The lowest BCUT2D eigenvalue weighted by atomic mass is 10.2. The lowest BCUT2D eigenvalue weighted by Crippen LogP contribution is -2.23. The van der Waals surface area contributed by atoms with Crippen molar-refractivity contribution in [1.82, 2.24) is 19.7 Å². The third-order valence-corrected chi connectivity index (χ3v) is 4.39. The normalized spacial score (nSPS) is 10.9. The second-order valence-electron chi connectivity index (χ2n) is 5.31. The van der Waals surface area contributed by atoms with Crippen LogP contribution in [-0.4, -0.2) is 25.7 Å². The van der Waals surface area contributed by atoms with Crippen molar-refractivity contribution in [1.29, 1.82) is 0 Å². The number of anilines is 1. The average Bonchev–Trinajstić information content (AvgIpc) is 3.02. The van der Waals surface area contributed by atoms with Crippen molar-refractivity contribution in [2.45, 2.75) is 32.7 Å². The summed E-state index contributed by atoms with van der Waals surface area (Å²) in [5.41, 5.74) is 0.509. The quantitative estimate of drug-likeness (QED) is 0.741. The first-order chi connectivity index (χ1) is 11.7. The van der Waals surface area contributed by atoms with E-state index >= 15 is 0 Å². The van der Waals surface area contributed by atoms with Crippen LogP contribution in [-0.2, 0) is 17.8 Å². The van der Waals surface area contributed by atoms with Crippen molar-refractivity contribution in [2.75, 3.05) is 5.32 Å². The van der Waals surface area contributed by atoms with E-state index in [4.69, 9.17) is 0 Å². The number of hydrogen-bond acceptors (Lipinski definition) is 6. The molecule has 8 heteroatoms. The molecule has 0 aliphatic rings. The molecule has 0 aliphatic carbocycles. The van der Waals surface area contributed by atoms with Crippen LogP contribution in [0.1, 0.15) is 24.8 Å². The van der Waals surface area contributed by atoms with Crippen LogP contribution in [0.3, 0.4) is 0 Å². The molecule has 0 radical (unpaired) electrons. The first-order valence-corrected chi connectivity index (χ1v) is 8.55. The van der Waals surface area contributed by atoms with Crippen LogP contribution in [0.2, 0.25) is 0 Å². The SMILES string of the molecule is CCCc1nnc(NC(=O)CCn2cnc3ccccc3c2=O)s1. The third kappa shape index (κ3) is 3.65. The average molecular weight is 343 g/mol. The van der Waals surface area contributed by atoms with E-state index in [1.54, 1.807) is 18.2 Å². The van der Waals surface area contributed by atoms with Crippen molar-refractivity contribution in [3.05, 3.63) is 46.0 Å². The molecule has 3 aromatic rings. The number of nitrogens with one attached hydrogen (secondary N) is 1. The number of aryl methyl sites for hydroxylation is 2. The Morgan fingerprint density at radius 2 is 2.12 bits per heavy atom. The summed E-state index contributed by atoms with van der Waals surface area (Å²) in [6, 6.07) is 7.15. The summed E-state index contributed by atoms with van der Waals surface area (Å²) in [5.74, 6) is -0.200. The van der Waals surface area contributed by atoms with Gasteiger partial charge in [-0.25, -0.2) is 4.98 Å². The van der Waals surface area contributed by atoms with E-state index in [-0.39, 0.29) is 24.4 Å². The van der Waals surface area contributed by atoms with Crippen LogP contribution in [0.5, 0.6) is 0 Å². The van der Waals surface area contributed by atoms with E-state index in [0.717, 1.165) is 17.8 Å². The Morgan fingerprint density at radius 3 is 2.96 bits per heavy atom. The molecule has 1 aromatic carbocycles. The maximum atomic E-state index is 12.3. The number of benzene rings is 1. The van der Waals surface area contributed by atoms with Gasteiger partial charge >= 0.3 is 0 Å². The van der Waals surface area contributed by atoms with Gasteiger partial charge in [-0.2, -0.15) is 0 Å². The summed E-state index contributed by atoms with van der Waals surface area (Å²) < 4.78 is 1.45. The van der Waals surface area contributed by atoms with Gasteiger partial charge in [0.25, 0.3) is 5.56 Å². The molecule has 0 unspecified atom stereocenters. The van der Waals surface area contributed by atoms with Gasteiger partial charge in [-0.3, -0.25) is 14.2 Å². The van der Waals surface area contributed by atoms with Crippen molar-refractivity contribution in [3.8, 4) is 0 Å². The Morgan fingerprint density at radius 1 is 1.29 bits per heavy atom. The first-order valence-electron chi connectivity index (χ1n) is 7.74. The molecule has 1 amide bonds. The summed E-state index contributed by atoms with van der Waals surface area (Å²) in [6.07, 6.45) is 3.48. The largest absolute Gasteiger partial charge is 0.300 e. The van der Waals surface area contributed by atoms with Gasteiger partial charge in [0.1, 0.15) is 5.01 Å². The summed E-state index contributed by atoms with van der Waals surface area (Å²) in [6.45, 7) is 2.33. The molecule has 1 N–H and O–H groups in total. The molecule has 3 rings (SSSR count). The highest BCUT2D eigenvalue weighted by Gasteiger charge is 2.09. The molecule has 7 nitrogen and oxygen atoms in total. The first kappa shape index (κ1) is 16.3. The van der Waals surface area contributed by atoms with E-state index < -0.39 is 0 Å². The number of carbonyl (C=O) groups is 1. The zero-order valence-electron chi connectivity index (χ0n) is 13.2. The van der Waals surface area contributed by atoms with Crippen LogP contribution in [0.4, 0.5) is 5.13 Å². The molecule has 0 saturated heterocycles. The van der Waals surface area contributed by atoms with Gasteiger partial charge in [-0.1, -0.05) is 30.4 Å². The van der Waals surface area contributed by atoms with Crippen LogP contribution in [0, 0.1) is 0 Å². The number of nitrogens with zero attached hydrogens (tertiary/aromatic N) is 4. The van der Waals surface area contributed by atoms with Gasteiger partial charge in [0, 0.05) is 19.4 Å². The number of aromatic nitrogens is 4. The fraction of sp³-hybridized carbons (Fsp3) is 0.312. The summed E-state index contributed by atoms with van der Waals surface area (Å²) in [7, 11) is 0. The number of para-hydroxylation sites is 1. The molecule has 124 valence electrons. The highest BCUT2D eigenvalue weighted by molar-refractivity contribution is 7.15. The Labute approximate surface area is 142 Å². The maximum Gasteiger partial charge on any atom is 0.261 e. The highest BCUT2D eigenvalue weighted by Crippen LogP contribution is 2.16. The maximum absolute atomic E-state index is 12.3. The van der Waals surface area contributed by atoms with Gasteiger partial charge in [0.05, 0.1) is 17.2 Å². The number of amides is 1. The van der Waals surface area contributed by atoms with Crippen molar-refractivity contribution < 1.29 is 4.79 Å². The van der Waals surface area contributed by atoms with Crippen LogP contribution < -0.4 is 10.9 Å². The minimum atomic E-state index is -0.200. The van der Waals surface area contributed by atoms with Gasteiger partial charge in [-0.05, 0) is 18.6 Å². The monoisotopic (exact) mass is 343 g/mol. The second kappa shape index (κ2) is 7.31. The van der Waals surface area contributed by atoms with Gasteiger partial charge < -0.3 is 5.32 Å². The summed E-state index contributed by atoms with van der Waals surface area (Å²) in [4.78, 5) is 28.6. The molecule has 0 fully saturated rings. The Bertz CT molecular complexity index is 918. The molecule has 0 bridgehead atoms. The van der Waals surface area contributed by atoms with Crippen LogP contribution in [0.15, 0.2) is 35.4 Å². The molecule has 2 heterocycles. The third-order valence-electron chi connectivity index (χ3n) is 3.49.